The van der Waals surface area contributed by atoms with E-state index in [0.717, 1.165) is 25.0 Å². The fraction of sp³-hybridized carbons (Fsp3) is 0.600. The molecule has 0 bridgehead atoms. The van der Waals surface area contributed by atoms with E-state index in [-0.39, 0.29) is 0 Å². The Balaban J connectivity index is 2.47. The first kappa shape index (κ1) is 14.0. The van der Waals surface area contributed by atoms with Crippen LogP contribution in [0.25, 0.3) is 0 Å². The topological polar surface area (TPSA) is 35.2 Å². The number of hydrogen-bond acceptors (Lipinski definition) is 2. The minimum atomic E-state index is 0.327. The number of aryl methyl sites for hydroxylation is 2. The molecular weight excluding hydrogens is 210 g/mol. The zero-order valence-electron chi connectivity index (χ0n) is 11.5. The van der Waals surface area contributed by atoms with Crippen molar-refractivity contribution in [3.05, 3.63) is 29.3 Å². The molecule has 0 aliphatic rings. The van der Waals surface area contributed by atoms with Crippen molar-refractivity contribution in [1.82, 2.24) is 0 Å². The van der Waals surface area contributed by atoms with Gasteiger partial charge >= 0.3 is 0 Å². The molecule has 0 aliphatic heterocycles. The molecule has 2 nitrogen and oxygen atoms in total. The second-order valence-corrected chi connectivity index (χ2v) is 5.09. The zero-order valence-corrected chi connectivity index (χ0v) is 11.5. The summed E-state index contributed by atoms with van der Waals surface area (Å²) >= 11 is 0. The molecule has 0 saturated carbocycles. The van der Waals surface area contributed by atoms with E-state index >= 15 is 0 Å². The molecule has 1 aromatic rings. The largest absolute Gasteiger partial charge is 0.497 e. The van der Waals surface area contributed by atoms with Gasteiger partial charge in [0, 0.05) is 6.04 Å². The lowest BCUT2D eigenvalue weighted by Crippen LogP contribution is -2.26. The van der Waals surface area contributed by atoms with Crippen LogP contribution in [-0.2, 0) is 6.42 Å². The Morgan fingerprint density at radius 3 is 2.53 bits per heavy atom. The van der Waals surface area contributed by atoms with Gasteiger partial charge in [-0.1, -0.05) is 19.9 Å². The fourth-order valence-electron chi connectivity index (χ4n) is 1.94. The molecule has 0 spiro atoms. The minimum absolute atomic E-state index is 0.327. The summed E-state index contributed by atoms with van der Waals surface area (Å²) in [5, 5.41) is 0. The molecule has 1 rings (SSSR count). The van der Waals surface area contributed by atoms with Crippen LogP contribution < -0.4 is 10.5 Å². The van der Waals surface area contributed by atoms with Crippen molar-refractivity contribution in [1.29, 1.82) is 0 Å². The van der Waals surface area contributed by atoms with Crippen LogP contribution >= 0.6 is 0 Å². The number of benzene rings is 1. The van der Waals surface area contributed by atoms with Crippen molar-refractivity contribution >= 4 is 0 Å². The van der Waals surface area contributed by atoms with Crippen LogP contribution in [0.5, 0.6) is 5.75 Å². The first-order chi connectivity index (χ1) is 8.04. The number of methoxy groups -OCH3 is 1. The predicted molar refractivity (Wildman–Crippen MR) is 73.5 cm³/mol. The smallest absolute Gasteiger partial charge is 0.119 e. The van der Waals surface area contributed by atoms with Crippen LogP contribution in [0.1, 0.15) is 37.8 Å². The molecule has 0 aromatic heterocycles. The highest BCUT2D eigenvalue weighted by atomic mass is 16.5. The van der Waals surface area contributed by atoms with Gasteiger partial charge < -0.3 is 10.5 Å². The van der Waals surface area contributed by atoms with E-state index in [0.29, 0.717) is 12.0 Å². The van der Waals surface area contributed by atoms with Crippen molar-refractivity contribution in [2.24, 2.45) is 11.7 Å². The molecular formula is C15H25NO. The normalized spacial score (nSPS) is 12.8. The molecule has 17 heavy (non-hydrogen) atoms. The average Bonchev–Trinajstić information content (AvgIpc) is 2.30. The van der Waals surface area contributed by atoms with E-state index in [9.17, 15) is 0 Å². The Bertz CT molecular complexity index is 347. The molecule has 96 valence electrons. The number of ether oxygens (including phenoxy) is 1. The molecule has 1 atom stereocenters. The maximum Gasteiger partial charge on any atom is 0.119 e. The lowest BCUT2D eigenvalue weighted by atomic mass is 9.96. The van der Waals surface area contributed by atoms with Gasteiger partial charge in [-0.25, -0.2) is 0 Å². The number of nitrogens with two attached hydrogens (primary N) is 1. The van der Waals surface area contributed by atoms with E-state index in [1.165, 1.54) is 11.1 Å². The van der Waals surface area contributed by atoms with Crippen LogP contribution in [0, 0.1) is 12.8 Å². The monoisotopic (exact) mass is 235 g/mol. The summed E-state index contributed by atoms with van der Waals surface area (Å²) in [7, 11) is 1.70. The molecule has 0 heterocycles. The minimum Gasteiger partial charge on any atom is -0.497 e. The van der Waals surface area contributed by atoms with Gasteiger partial charge in [0.25, 0.3) is 0 Å². The quantitative estimate of drug-likeness (QED) is 0.821. The molecule has 0 aliphatic carbocycles. The number of rotatable bonds is 6. The second kappa shape index (κ2) is 6.65. The molecule has 0 saturated heterocycles. The maximum atomic E-state index is 6.04. The molecule has 0 radical (unpaired) electrons. The third-order valence-corrected chi connectivity index (χ3v) is 3.39. The fourth-order valence-corrected chi connectivity index (χ4v) is 1.94. The maximum absolute atomic E-state index is 6.04. The predicted octanol–water partition coefficient (Wildman–Crippen LogP) is 3.31. The van der Waals surface area contributed by atoms with Gasteiger partial charge in [0.15, 0.2) is 0 Å². The first-order valence-corrected chi connectivity index (χ1v) is 6.43. The van der Waals surface area contributed by atoms with Gasteiger partial charge in [-0.05, 0) is 55.4 Å². The molecule has 2 N–H and O–H groups in total. The summed E-state index contributed by atoms with van der Waals surface area (Å²) in [4.78, 5) is 0. The molecule has 1 aromatic carbocycles. The summed E-state index contributed by atoms with van der Waals surface area (Å²) in [5.41, 5.74) is 8.76. The van der Waals surface area contributed by atoms with Crippen molar-refractivity contribution in [3.8, 4) is 5.75 Å². The summed E-state index contributed by atoms with van der Waals surface area (Å²) < 4.78 is 5.20. The second-order valence-electron chi connectivity index (χ2n) is 5.09. The van der Waals surface area contributed by atoms with Crippen LogP contribution in [0.4, 0.5) is 0 Å². The van der Waals surface area contributed by atoms with E-state index in [4.69, 9.17) is 10.5 Å². The summed E-state index contributed by atoms with van der Waals surface area (Å²) in [6, 6.07) is 6.62. The van der Waals surface area contributed by atoms with Gasteiger partial charge in [-0.3, -0.25) is 0 Å². The first-order valence-electron chi connectivity index (χ1n) is 6.43. The third-order valence-electron chi connectivity index (χ3n) is 3.39. The Morgan fingerprint density at radius 2 is 2.00 bits per heavy atom. The van der Waals surface area contributed by atoms with Crippen LogP contribution in [0.2, 0.25) is 0 Å². The van der Waals surface area contributed by atoms with Crippen molar-refractivity contribution < 1.29 is 4.74 Å². The summed E-state index contributed by atoms with van der Waals surface area (Å²) in [6.07, 6.45) is 3.37. The zero-order chi connectivity index (χ0) is 12.8. The highest BCUT2D eigenvalue weighted by molar-refractivity contribution is 5.34. The Kier molecular flexibility index (Phi) is 5.49. The third kappa shape index (κ3) is 4.39. The standard InChI is InChI=1S/C15H25NO/c1-11(2)15(16)7-5-6-13-8-9-14(17-4)10-12(13)3/h8-11,15H,5-7,16H2,1-4H3. The van der Waals surface area contributed by atoms with E-state index in [1.807, 2.05) is 6.07 Å². The van der Waals surface area contributed by atoms with Gasteiger partial charge in [0.1, 0.15) is 5.75 Å². The van der Waals surface area contributed by atoms with Gasteiger partial charge in [-0.15, -0.1) is 0 Å². The average molecular weight is 235 g/mol. The lowest BCUT2D eigenvalue weighted by Gasteiger charge is -2.15. The van der Waals surface area contributed by atoms with Crippen LogP contribution in [0.15, 0.2) is 18.2 Å². The van der Waals surface area contributed by atoms with Crippen molar-refractivity contribution in [2.75, 3.05) is 7.11 Å². The van der Waals surface area contributed by atoms with E-state index in [2.05, 4.69) is 32.9 Å². The molecule has 1 unspecified atom stereocenters. The molecule has 0 amide bonds. The summed E-state index contributed by atoms with van der Waals surface area (Å²) in [6.45, 7) is 6.51. The molecule has 0 fully saturated rings. The van der Waals surface area contributed by atoms with Gasteiger partial charge in [0.2, 0.25) is 0 Å². The Hall–Kier alpha value is -1.02. The van der Waals surface area contributed by atoms with Crippen molar-refractivity contribution in [3.63, 3.8) is 0 Å². The summed E-state index contributed by atoms with van der Waals surface area (Å²) in [5.74, 6) is 1.51. The Labute approximate surface area is 105 Å². The Morgan fingerprint density at radius 1 is 1.29 bits per heavy atom. The van der Waals surface area contributed by atoms with E-state index in [1.54, 1.807) is 7.11 Å². The van der Waals surface area contributed by atoms with Gasteiger partial charge in [0.05, 0.1) is 7.11 Å². The highest BCUT2D eigenvalue weighted by Crippen LogP contribution is 2.19. The van der Waals surface area contributed by atoms with Crippen LogP contribution in [-0.4, -0.2) is 13.2 Å². The highest BCUT2D eigenvalue weighted by Gasteiger charge is 2.07. The van der Waals surface area contributed by atoms with Gasteiger partial charge in [-0.2, -0.15) is 0 Å². The SMILES string of the molecule is COc1ccc(CCCC(N)C(C)C)c(C)c1. The molecule has 2 heteroatoms. The lowest BCUT2D eigenvalue weighted by molar-refractivity contribution is 0.414. The van der Waals surface area contributed by atoms with Crippen LogP contribution in [0.3, 0.4) is 0 Å². The van der Waals surface area contributed by atoms with Crippen molar-refractivity contribution in [2.45, 2.75) is 46.1 Å². The number of hydrogen-bond donors (Lipinski definition) is 1. The van der Waals surface area contributed by atoms with E-state index < -0.39 is 0 Å².